The Hall–Kier alpha value is -2.21. The van der Waals surface area contributed by atoms with E-state index >= 15 is 0 Å². The summed E-state index contributed by atoms with van der Waals surface area (Å²) in [6.45, 7) is 1.40. The summed E-state index contributed by atoms with van der Waals surface area (Å²) < 4.78 is 39.9. The summed E-state index contributed by atoms with van der Waals surface area (Å²) in [5, 5.41) is 8.73. The number of pyridine rings is 1. The quantitative estimate of drug-likeness (QED) is 0.816. The Morgan fingerprint density at radius 3 is 2.52 bits per heavy atom. The van der Waals surface area contributed by atoms with Gasteiger partial charge in [-0.05, 0) is 30.3 Å². The van der Waals surface area contributed by atoms with Gasteiger partial charge in [-0.3, -0.25) is 0 Å². The summed E-state index contributed by atoms with van der Waals surface area (Å²) in [6.07, 6.45) is 1.55. The van der Waals surface area contributed by atoms with E-state index in [4.69, 9.17) is 16.9 Å². The van der Waals surface area contributed by atoms with Crippen LogP contribution in [0.2, 0.25) is 5.02 Å². The molecule has 0 saturated carbocycles. The number of aromatic nitrogens is 1. The topological polar surface area (TPSA) is 77.3 Å². The number of benzene rings is 1. The lowest BCUT2D eigenvalue weighted by Gasteiger charge is -2.34. The number of hydrogen-bond acceptors (Lipinski definition) is 5. The van der Waals surface area contributed by atoms with Gasteiger partial charge in [0.25, 0.3) is 0 Å². The molecule has 1 aromatic carbocycles. The smallest absolute Gasteiger partial charge is 0.243 e. The van der Waals surface area contributed by atoms with Crippen LogP contribution in [0.4, 0.5) is 10.2 Å². The molecule has 1 aliphatic rings. The summed E-state index contributed by atoms with van der Waals surface area (Å²) in [4.78, 5) is 6.12. The lowest BCUT2D eigenvalue weighted by molar-refractivity contribution is 0.384. The average molecular weight is 381 g/mol. The number of nitrogens with zero attached hydrogens (tertiary/aromatic N) is 4. The largest absolute Gasteiger partial charge is 0.354 e. The van der Waals surface area contributed by atoms with Gasteiger partial charge in [0.15, 0.2) is 0 Å². The number of halogens is 2. The minimum absolute atomic E-state index is 0.0306. The van der Waals surface area contributed by atoms with Crippen LogP contribution in [0.5, 0.6) is 0 Å². The van der Waals surface area contributed by atoms with Crippen LogP contribution in [0.15, 0.2) is 41.4 Å². The van der Waals surface area contributed by atoms with Crippen LogP contribution in [0.3, 0.4) is 0 Å². The molecule has 6 nitrogen and oxygen atoms in total. The van der Waals surface area contributed by atoms with Crippen molar-refractivity contribution in [1.82, 2.24) is 9.29 Å². The maximum Gasteiger partial charge on any atom is 0.243 e. The molecule has 0 spiro atoms. The lowest BCUT2D eigenvalue weighted by Crippen LogP contribution is -2.48. The molecule has 9 heteroatoms. The SMILES string of the molecule is N#Cc1ccnc(N2CCN(S(=O)(=O)c3ccc(F)c(Cl)c3)CC2)c1. The zero-order chi connectivity index (χ0) is 18.0. The second-order valence-electron chi connectivity index (χ2n) is 5.48. The molecule has 0 amide bonds. The lowest BCUT2D eigenvalue weighted by atomic mass is 10.2. The fourth-order valence-corrected chi connectivity index (χ4v) is 4.30. The zero-order valence-electron chi connectivity index (χ0n) is 13.1. The van der Waals surface area contributed by atoms with Gasteiger partial charge in [0.1, 0.15) is 11.6 Å². The molecule has 1 fully saturated rings. The van der Waals surface area contributed by atoms with Gasteiger partial charge in [0.2, 0.25) is 10.0 Å². The summed E-state index contributed by atoms with van der Waals surface area (Å²) in [6, 6.07) is 8.71. The van der Waals surface area contributed by atoms with E-state index in [9.17, 15) is 12.8 Å². The van der Waals surface area contributed by atoms with Crippen molar-refractivity contribution in [1.29, 1.82) is 5.26 Å². The Bertz CT molecular complexity index is 937. The Balaban J connectivity index is 1.75. The van der Waals surface area contributed by atoms with Crippen molar-refractivity contribution in [3.63, 3.8) is 0 Å². The molecule has 0 atom stereocenters. The van der Waals surface area contributed by atoms with Crippen LogP contribution in [0, 0.1) is 17.1 Å². The summed E-state index contributed by atoms with van der Waals surface area (Å²) in [5.74, 6) is -0.0187. The first kappa shape index (κ1) is 17.6. The highest BCUT2D eigenvalue weighted by Gasteiger charge is 2.29. The molecule has 3 rings (SSSR count). The van der Waals surface area contributed by atoms with E-state index in [0.29, 0.717) is 24.5 Å². The van der Waals surface area contributed by atoms with Crippen molar-refractivity contribution in [2.75, 3.05) is 31.1 Å². The van der Waals surface area contributed by atoms with Gasteiger partial charge in [-0.1, -0.05) is 11.6 Å². The van der Waals surface area contributed by atoms with Gasteiger partial charge in [0, 0.05) is 32.4 Å². The van der Waals surface area contributed by atoms with Crippen molar-refractivity contribution >= 4 is 27.4 Å². The van der Waals surface area contributed by atoms with Gasteiger partial charge >= 0.3 is 0 Å². The van der Waals surface area contributed by atoms with E-state index in [0.717, 1.165) is 12.1 Å². The third-order valence-corrected chi connectivity index (χ3v) is 6.15. The molecule has 25 heavy (non-hydrogen) atoms. The maximum absolute atomic E-state index is 13.3. The number of sulfonamides is 1. The summed E-state index contributed by atoms with van der Waals surface area (Å²) in [5.41, 5.74) is 0.501. The molecule has 2 aromatic rings. The van der Waals surface area contributed by atoms with Crippen molar-refractivity contribution in [3.05, 3.63) is 52.9 Å². The van der Waals surface area contributed by atoms with Crippen LogP contribution in [-0.4, -0.2) is 43.9 Å². The predicted molar refractivity (Wildman–Crippen MR) is 91.3 cm³/mol. The van der Waals surface area contributed by atoms with Crippen LogP contribution in [0.1, 0.15) is 5.56 Å². The van der Waals surface area contributed by atoms with Crippen molar-refractivity contribution < 1.29 is 12.8 Å². The van der Waals surface area contributed by atoms with Gasteiger partial charge in [-0.15, -0.1) is 0 Å². The van der Waals surface area contributed by atoms with E-state index < -0.39 is 15.8 Å². The van der Waals surface area contributed by atoms with E-state index in [1.54, 1.807) is 18.3 Å². The molecule has 0 bridgehead atoms. The first-order valence-corrected chi connectivity index (χ1v) is 9.30. The summed E-state index contributed by atoms with van der Waals surface area (Å²) in [7, 11) is -3.74. The minimum Gasteiger partial charge on any atom is -0.354 e. The van der Waals surface area contributed by atoms with Gasteiger partial charge in [-0.25, -0.2) is 17.8 Å². The van der Waals surface area contributed by atoms with Gasteiger partial charge < -0.3 is 4.90 Å². The molecule has 1 aromatic heterocycles. The third-order valence-electron chi connectivity index (χ3n) is 3.97. The second-order valence-corrected chi connectivity index (χ2v) is 7.83. The highest BCUT2D eigenvalue weighted by Crippen LogP contribution is 2.24. The predicted octanol–water partition coefficient (Wildman–Crippen LogP) is 2.26. The molecule has 0 aliphatic carbocycles. The highest BCUT2D eigenvalue weighted by molar-refractivity contribution is 7.89. The fourth-order valence-electron chi connectivity index (χ4n) is 2.60. The maximum atomic E-state index is 13.3. The van der Waals surface area contributed by atoms with Crippen LogP contribution < -0.4 is 4.90 Å². The molecular weight excluding hydrogens is 367 g/mol. The molecule has 1 saturated heterocycles. The Labute approximate surface area is 150 Å². The normalized spacial score (nSPS) is 15.8. The second kappa shape index (κ2) is 6.96. The molecular formula is C16H14ClFN4O2S. The molecule has 1 aliphatic heterocycles. The summed E-state index contributed by atoms with van der Waals surface area (Å²) >= 11 is 5.69. The van der Waals surface area contributed by atoms with E-state index in [1.807, 2.05) is 4.90 Å². The van der Waals surface area contributed by atoms with Gasteiger partial charge in [0.05, 0.1) is 21.6 Å². The van der Waals surface area contributed by atoms with Crippen LogP contribution in [0.25, 0.3) is 0 Å². The number of rotatable bonds is 3. The van der Waals surface area contributed by atoms with Crippen molar-refractivity contribution in [3.8, 4) is 6.07 Å². The first-order chi connectivity index (χ1) is 11.9. The Morgan fingerprint density at radius 1 is 1.16 bits per heavy atom. The van der Waals surface area contributed by atoms with E-state index in [-0.39, 0.29) is 23.0 Å². The molecule has 130 valence electrons. The highest BCUT2D eigenvalue weighted by atomic mass is 35.5. The molecule has 0 radical (unpaired) electrons. The van der Waals surface area contributed by atoms with Crippen LogP contribution in [-0.2, 0) is 10.0 Å². The first-order valence-electron chi connectivity index (χ1n) is 7.48. The van der Waals surface area contributed by atoms with Crippen molar-refractivity contribution in [2.45, 2.75) is 4.90 Å². The molecule has 0 unspecified atom stereocenters. The standard InChI is InChI=1S/C16H14ClFN4O2S/c17-14-10-13(1-2-15(14)18)25(23,24)22-7-5-21(6-8-22)16-9-12(11-19)3-4-20-16/h1-4,9-10H,5-8H2. The van der Waals surface area contributed by atoms with Gasteiger partial charge in [-0.2, -0.15) is 9.57 Å². The average Bonchev–Trinajstić information content (AvgIpc) is 2.64. The van der Waals surface area contributed by atoms with Crippen LogP contribution >= 0.6 is 11.6 Å². The zero-order valence-corrected chi connectivity index (χ0v) is 14.6. The fraction of sp³-hybridized carbons (Fsp3) is 0.250. The molecule has 2 heterocycles. The Morgan fingerprint density at radius 2 is 1.88 bits per heavy atom. The number of hydrogen-bond donors (Lipinski definition) is 0. The van der Waals surface area contributed by atoms with Crippen molar-refractivity contribution in [2.24, 2.45) is 0 Å². The Kier molecular flexibility index (Phi) is 4.90. The third kappa shape index (κ3) is 3.58. The number of anilines is 1. The minimum atomic E-state index is -3.74. The monoisotopic (exact) mass is 380 g/mol. The number of piperazine rings is 1. The van der Waals surface area contributed by atoms with E-state index in [1.165, 1.54) is 10.4 Å². The molecule has 0 N–H and O–H groups in total. The van der Waals surface area contributed by atoms with E-state index in [2.05, 4.69) is 11.1 Å². The number of nitriles is 1.